The van der Waals surface area contributed by atoms with Gasteiger partial charge in [-0.15, -0.1) is 0 Å². The van der Waals surface area contributed by atoms with Crippen LogP contribution in [-0.4, -0.2) is 31.0 Å². The molecule has 1 amide bonds. The Hall–Kier alpha value is -0.600. The lowest BCUT2D eigenvalue weighted by molar-refractivity contribution is -0.138. The third-order valence-corrected chi connectivity index (χ3v) is 4.04. The number of ether oxygens (including phenoxy) is 1. The zero-order chi connectivity index (χ0) is 16.0. The zero-order valence-electron chi connectivity index (χ0n) is 11.1. The van der Waals surface area contributed by atoms with Gasteiger partial charge in [0.05, 0.1) is 12.2 Å². The van der Waals surface area contributed by atoms with Gasteiger partial charge in [0.15, 0.2) is 0 Å². The number of methoxy groups -OCH3 is 1. The quantitative estimate of drug-likeness (QED) is 0.690. The topological polar surface area (TPSA) is 38.3 Å². The molecule has 0 aromatic heterocycles. The van der Waals surface area contributed by atoms with Gasteiger partial charge in [0.1, 0.15) is 0 Å². The summed E-state index contributed by atoms with van der Waals surface area (Å²) in [5.41, 5.74) is -0.892. The Kier molecular flexibility index (Phi) is 7.15. The lowest BCUT2D eigenvalue weighted by Gasteiger charge is -2.12. The van der Waals surface area contributed by atoms with Gasteiger partial charge in [-0.1, -0.05) is 31.9 Å². The Morgan fingerprint density at radius 2 is 2.10 bits per heavy atom. The molecule has 0 radical (unpaired) electrons. The van der Waals surface area contributed by atoms with E-state index in [1.54, 1.807) is 7.11 Å². The first-order valence-corrected chi connectivity index (χ1v) is 7.74. The molecule has 3 nitrogen and oxygen atoms in total. The fraction of sp³-hybridized carbons (Fsp3) is 0.462. The number of benzene rings is 1. The van der Waals surface area contributed by atoms with Crippen molar-refractivity contribution < 1.29 is 22.7 Å². The molecule has 118 valence electrons. The molecule has 0 saturated carbocycles. The molecule has 1 rings (SSSR count). The molecule has 0 heterocycles. The molecule has 0 aliphatic carbocycles. The van der Waals surface area contributed by atoms with Gasteiger partial charge in [0.25, 0.3) is 5.91 Å². The van der Waals surface area contributed by atoms with Gasteiger partial charge in [0.2, 0.25) is 0 Å². The molecule has 0 bridgehead atoms. The van der Waals surface area contributed by atoms with E-state index in [0.29, 0.717) is 19.6 Å². The van der Waals surface area contributed by atoms with E-state index in [1.807, 2.05) is 0 Å². The lowest BCUT2D eigenvalue weighted by Crippen LogP contribution is -2.27. The predicted molar refractivity (Wildman–Crippen MR) is 80.7 cm³/mol. The third kappa shape index (κ3) is 5.96. The number of nitrogens with one attached hydrogen (secondary N) is 1. The summed E-state index contributed by atoms with van der Waals surface area (Å²) in [5, 5.41) is 2.58. The maximum absolute atomic E-state index is 12.8. The third-order valence-electron chi connectivity index (χ3n) is 2.62. The summed E-state index contributed by atoms with van der Waals surface area (Å²) in [6.45, 7) is 0.835. The summed E-state index contributed by atoms with van der Waals surface area (Å²) in [6.07, 6.45) is -3.89. The average Bonchev–Trinajstić information content (AvgIpc) is 2.38. The van der Waals surface area contributed by atoms with E-state index >= 15 is 0 Å². The molecule has 1 atom stereocenters. The highest BCUT2D eigenvalue weighted by molar-refractivity contribution is 9.10. The van der Waals surface area contributed by atoms with Gasteiger partial charge in [0, 0.05) is 28.5 Å². The van der Waals surface area contributed by atoms with Gasteiger partial charge in [-0.05, 0) is 24.6 Å². The van der Waals surface area contributed by atoms with Crippen LogP contribution in [0.25, 0.3) is 0 Å². The molecular weight excluding hydrogens is 419 g/mol. The fourth-order valence-corrected chi connectivity index (χ4v) is 2.56. The highest BCUT2D eigenvalue weighted by Crippen LogP contribution is 2.35. The van der Waals surface area contributed by atoms with Crippen LogP contribution in [0.15, 0.2) is 22.7 Å². The van der Waals surface area contributed by atoms with E-state index in [4.69, 9.17) is 4.74 Å². The molecule has 1 aromatic carbocycles. The van der Waals surface area contributed by atoms with E-state index in [1.165, 1.54) is 12.1 Å². The Balaban J connectivity index is 2.67. The Labute approximate surface area is 137 Å². The molecule has 21 heavy (non-hydrogen) atoms. The SMILES string of the molecule is COCC(Br)CCNC(=O)c1ccc(Br)c(C(F)(F)F)c1. The molecule has 8 heteroatoms. The highest BCUT2D eigenvalue weighted by atomic mass is 79.9. The van der Waals surface area contributed by atoms with Crippen LogP contribution in [0.3, 0.4) is 0 Å². The van der Waals surface area contributed by atoms with Crippen LogP contribution in [0.5, 0.6) is 0 Å². The van der Waals surface area contributed by atoms with Crippen molar-refractivity contribution in [2.75, 3.05) is 20.3 Å². The molecule has 0 aliphatic rings. The number of carbonyl (C=O) groups excluding carboxylic acids is 1. The first kappa shape index (κ1) is 18.4. The van der Waals surface area contributed by atoms with Gasteiger partial charge in [-0.2, -0.15) is 13.2 Å². The minimum atomic E-state index is -4.51. The maximum Gasteiger partial charge on any atom is 0.417 e. The van der Waals surface area contributed by atoms with Crippen LogP contribution in [0, 0.1) is 0 Å². The first-order valence-electron chi connectivity index (χ1n) is 6.03. The zero-order valence-corrected chi connectivity index (χ0v) is 14.3. The molecule has 0 saturated heterocycles. The highest BCUT2D eigenvalue weighted by Gasteiger charge is 2.33. The Morgan fingerprint density at radius 1 is 1.43 bits per heavy atom. The summed E-state index contributed by atoms with van der Waals surface area (Å²) >= 11 is 6.19. The van der Waals surface area contributed by atoms with Crippen molar-refractivity contribution in [3.05, 3.63) is 33.8 Å². The second kappa shape index (κ2) is 8.14. The van der Waals surface area contributed by atoms with Gasteiger partial charge >= 0.3 is 6.18 Å². The Morgan fingerprint density at radius 3 is 2.67 bits per heavy atom. The van der Waals surface area contributed by atoms with Crippen molar-refractivity contribution in [2.24, 2.45) is 0 Å². The van der Waals surface area contributed by atoms with Crippen molar-refractivity contribution in [3.63, 3.8) is 0 Å². The predicted octanol–water partition coefficient (Wildman–Crippen LogP) is 4.00. The fourth-order valence-electron chi connectivity index (χ4n) is 1.59. The van der Waals surface area contributed by atoms with Crippen LogP contribution in [-0.2, 0) is 10.9 Å². The van der Waals surface area contributed by atoms with Crippen molar-refractivity contribution >= 4 is 37.8 Å². The number of amides is 1. The van der Waals surface area contributed by atoms with Gasteiger partial charge < -0.3 is 10.1 Å². The minimum absolute atomic E-state index is 0.0246. The lowest BCUT2D eigenvalue weighted by atomic mass is 10.1. The second-order valence-electron chi connectivity index (χ2n) is 4.29. The van der Waals surface area contributed by atoms with E-state index in [9.17, 15) is 18.0 Å². The molecule has 0 aliphatic heterocycles. The van der Waals surface area contributed by atoms with Gasteiger partial charge in [-0.25, -0.2) is 0 Å². The second-order valence-corrected chi connectivity index (χ2v) is 6.44. The van der Waals surface area contributed by atoms with Crippen LogP contribution in [0.4, 0.5) is 13.2 Å². The largest absolute Gasteiger partial charge is 0.417 e. The van der Waals surface area contributed by atoms with Crippen molar-refractivity contribution in [3.8, 4) is 0 Å². The van der Waals surface area contributed by atoms with Crippen molar-refractivity contribution in [1.82, 2.24) is 5.32 Å². The van der Waals surface area contributed by atoms with Crippen LogP contribution in [0.2, 0.25) is 0 Å². The van der Waals surface area contributed by atoms with Crippen LogP contribution < -0.4 is 5.32 Å². The number of hydrogen-bond acceptors (Lipinski definition) is 2. The summed E-state index contributed by atoms with van der Waals surface area (Å²) in [6, 6.07) is 3.39. The number of hydrogen-bond donors (Lipinski definition) is 1. The van der Waals surface area contributed by atoms with E-state index in [0.717, 1.165) is 6.07 Å². The molecule has 1 N–H and O–H groups in total. The molecule has 0 fully saturated rings. The summed E-state index contributed by atoms with van der Waals surface area (Å²) < 4.78 is 43.1. The monoisotopic (exact) mass is 431 g/mol. The average molecular weight is 433 g/mol. The number of carbonyl (C=O) groups is 1. The van der Waals surface area contributed by atoms with E-state index in [-0.39, 0.29) is 14.9 Å². The standard InChI is InChI=1S/C13H14Br2F3NO2/c1-21-7-9(14)4-5-19-12(20)8-2-3-11(15)10(6-8)13(16,17)18/h2-3,6,9H,4-5,7H2,1H3,(H,19,20). The van der Waals surface area contributed by atoms with E-state index in [2.05, 4.69) is 37.2 Å². The normalized spacial score (nSPS) is 13.0. The van der Waals surface area contributed by atoms with Gasteiger partial charge in [-0.3, -0.25) is 4.79 Å². The molecule has 0 spiro atoms. The van der Waals surface area contributed by atoms with E-state index < -0.39 is 17.6 Å². The van der Waals surface area contributed by atoms with Crippen LogP contribution >= 0.6 is 31.9 Å². The smallest absolute Gasteiger partial charge is 0.384 e. The van der Waals surface area contributed by atoms with Crippen molar-refractivity contribution in [1.29, 1.82) is 0 Å². The van der Waals surface area contributed by atoms with Crippen LogP contribution in [0.1, 0.15) is 22.3 Å². The van der Waals surface area contributed by atoms with Crippen molar-refractivity contribution in [2.45, 2.75) is 17.4 Å². The molecule has 1 unspecified atom stereocenters. The summed E-state index contributed by atoms with van der Waals surface area (Å²) in [7, 11) is 1.56. The minimum Gasteiger partial charge on any atom is -0.384 e. The molecular formula is C13H14Br2F3NO2. The Bertz CT molecular complexity index is 495. The molecule has 1 aromatic rings. The maximum atomic E-state index is 12.8. The first-order chi connectivity index (χ1) is 9.75. The number of rotatable bonds is 6. The number of halogens is 5. The summed E-state index contributed by atoms with van der Waals surface area (Å²) in [5.74, 6) is -0.537. The number of alkyl halides is 4. The summed E-state index contributed by atoms with van der Waals surface area (Å²) in [4.78, 5) is 11.9.